The van der Waals surface area contributed by atoms with Crippen LogP contribution in [0.15, 0.2) is 10.9 Å². The lowest BCUT2D eigenvalue weighted by molar-refractivity contribution is -0.138. The molecule has 0 aliphatic carbocycles. The summed E-state index contributed by atoms with van der Waals surface area (Å²) in [4.78, 5) is 12.5. The molecule has 1 aromatic rings. The average Bonchev–Trinajstić information content (AvgIpc) is 2.14. The number of aromatic nitrogens is 1. The zero-order valence-corrected chi connectivity index (χ0v) is 7.40. The summed E-state index contributed by atoms with van der Waals surface area (Å²) in [6.45, 7) is 0. The van der Waals surface area contributed by atoms with Crippen LogP contribution in [0.1, 0.15) is 23.4 Å². The van der Waals surface area contributed by atoms with Crippen LogP contribution in [0.2, 0.25) is 0 Å². The molecule has 0 fully saturated rings. The summed E-state index contributed by atoms with van der Waals surface area (Å²) < 4.78 is 61.1. The minimum atomic E-state index is -5.06. The first-order valence-electron chi connectivity index (χ1n) is 3.80. The molecule has 0 atom stereocenters. The number of hydrogen-bond donors (Lipinski definition) is 1. The van der Waals surface area contributed by atoms with E-state index in [1.54, 1.807) is 4.98 Å². The van der Waals surface area contributed by atoms with Gasteiger partial charge in [-0.2, -0.15) is 18.4 Å². The molecule has 0 aromatic carbocycles. The van der Waals surface area contributed by atoms with Crippen molar-refractivity contribution in [2.24, 2.45) is 0 Å². The minimum absolute atomic E-state index is 0.133. The van der Waals surface area contributed by atoms with Gasteiger partial charge in [-0.05, 0) is 0 Å². The van der Waals surface area contributed by atoms with E-state index in [0.29, 0.717) is 0 Å². The molecule has 1 rings (SSSR count). The van der Waals surface area contributed by atoms with E-state index in [0.717, 1.165) is 6.07 Å². The summed E-state index contributed by atoms with van der Waals surface area (Å²) in [5.41, 5.74) is -5.65. The number of halogens is 5. The molecule has 0 amide bonds. The third-order valence-corrected chi connectivity index (χ3v) is 1.68. The van der Waals surface area contributed by atoms with Crippen LogP contribution in [0.5, 0.6) is 0 Å². The highest BCUT2D eigenvalue weighted by Gasteiger charge is 2.37. The predicted octanol–water partition coefficient (Wildman–Crippen LogP) is 2.20. The van der Waals surface area contributed by atoms with E-state index in [1.807, 2.05) is 0 Å². The molecule has 1 aromatic heterocycles. The molecule has 0 saturated heterocycles. The van der Waals surface area contributed by atoms with Crippen LogP contribution in [0.4, 0.5) is 22.0 Å². The number of pyridine rings is 1. The van der Waals surface area contributed by atoms with Crippen LogP contribution in [0.25, 0.3) is 0 Å². The van der Waals surface area contributed by atoms with Crippen LogP contribution in [-0.4, -0.2) is 4.98 Å². The second-order valence-corrected chi connectivity index (χ2v) is 2.75. The van der Waals surface area contributed by atoms with Gasteiger partial charge in [0.2, 0.25) is 0 Å². The lowest BCUT2D eigenvalue weighted by Crippen LogP contribution is -2.23. The summed E-state index contributed by atoms with van der Waals surface area (Å²) in [5, 5.41) is 8.35. The Morgan fingerprint density at radius 3 is 2.31 bits per heavy atom. The van der Waals surface area contributed by atoms with Crippen molar-refractivity contribution in [3.05, 3.63) is 33.2 Å². The molecule has 8 heteroatoms. The number of aromatic amines is 1. The van der Waals surface area contributed by atoms with Crippen LogP contribution in [0, 0.1) is 11.3 Å². The van der Waals surface area contributed by atoms with E-state index in [4.69, 9.17) is 5.26 Å². The van der Waals surface area contributed by atoms with Gasteiger partial charge in [-0.1, -0.05) is 0 Å². The van der Waals surface area contributed by atoms with Crippen molar-refractivity contribution in [3.63, 3.8) is 0 Å². The second kappa shape index (κ2) is 3.92. The summed E-state index contributed by atoms with van der Waals surface area (Å²) >= 11 is 0. The molecule has 0 spiro atoms. The summed E-state index contributed by atoms with van der Waals surface area (Å²) in [7, 11) is 0. The first-order chi connectivity index (χ1) is 7.27. The quantitative estimate of drug-likeness (QED) is 0.762. The number of hydrogen-bond acceptors (Lipinski definition) is 2. The molecule has 0 saturated carbocycles. The van der Waals surface area contributed by atoms with E-state index in [9.17, 15) is 26.7 Å². The number of nitrogens with zero attached hydrogens (tertiary/aromatic N) is 1. The highest BCUT2D eigenvalue weighted by molar-refractivity contribution is 5.35. The summed E-state index contributed by atoms with van der Waals surface area (Å²) in [6.07, 6.45) is -8.21. The van der Waals surface area contributed by atoms with Crippen molar-refractivity contribution >= 4 is 0 Å². The molecule has 16 heavy (non-hydrogen) atoms. The topological polar surface area (TPSA) is 56.6 Å². The number of nitriles is 1. The first kappa shape index (κ1) is 12.2. The third kappa shape index (κ3) is 2.18. The molecule has 1 heterocycles. The molecule has 0 aliphatic heterocycles. The molecule has 1 N–H and O–H groups in total. The number of rotatable bonds is 1. The van der Waals surface area contributed by atoms with Gasteiger partial charge in [0.1, 0.15) is 17.3 Å². The molecule has 0 unspecified atom stereocenters. The van der Waals surface area contributed by atoms with Crippen LogP contribution in [-0.2, 0) is 6.18 Å². The Bertz CT molecular complexity index is 497. The minimum Gasteiger partial charge on any atom is -0.345 e. The van der Waals surface area contributed by atoms with Crippen molar-refractivity contribution < 1.29 is 22.0 Å². The van der Waals surface area contributed by atoms with Gasteiger partial charge >= 0.3 is 6.18 Å². The van der Waals surface area contributed by atoms with E-state index < -0.39 is 35.0 Å². The maximum Gasteiger partial charge on any atom is 0.422 e. The van der Waals surface area contributed by atoms with Crippen LogP contribution < -0.4 is 5.43 Å². The largest absolute Gasteiger partial charge is 0.422 e. The van der Waals surface area contributed by atoms with Gasteiger partial charge in [0.25, 0.3) is 6.43 Å². The lowest BCUT2D eigenvalue weighted by Gasteiger charge is -2.09. The molecule has 0 bridgehead atoms. The Hall–Kier alpha value is -1.91. The van der Waals surface area contributed by atoms with E-state index in [1.165, 1.54) is 0 Å². The SMILES string of the molecule is N#Cc1[nH]c(C(F)F)cc(=O)c1C(F)(F)F. The van der Waals surface area contributed by atoms with Gasteiger partial charge in [-0.3, -0.25) is 4.79 Å². The molecule has 0 radical (unpaired) electrons. The Balaban J connectivity index is 3.56. The standard InChI is InChI=1S/C8H3F5N2O/c9-7(10)3-1-5(16)6(8(11,12)13)4(2-14)15-3/h1,7H,(H,15,16). The Morgan fingerprint density at radius 1 is 1.38 bits per heavy atom. The zero-order chi connectivity index (χ0) is 12.5. The predicted molar refractivity (Wildman–Crippen MR) is 41.7 cm³/mol. The maximum atomic E-state index is 12.3. The summed E-state index contributed by atoms with van der Waals surface area (Å²) in [5.74, 6) is 0. The average molecular weight is 238 g/mol. The fourth-order valence-electron chi connectivity index (χ4n) is 1.06. The number of nitrogens with one attached hydrogen (secondary N) is 1. The summed E-state index contributed by atoms with van der Waals surface area (Å²) in [6, 6.07) is 1.16. The van der Waals surface area contributed by atoms with Crippen molar-refractivity contribution in [1.82, 2.24) is 4.98 Å². The Labute approximate surface area is 85.1 Å². The second-order valence-electron chi connectivity index (χ2n) is 2.75. The van der Waals surface area contributed by atoms with Crippen molar-refractivity contribution in [3.8, 4) is 6.07 Å². The monoisotopic (exact) mass is 238 g/mol. The highest BCUT2D eigenvalue weighted by Crippen LogP contribution is 2.29. The fourth-order valence-corrected chi connectivity index (χ4v) is 1.06. The van der Waals surface area contributed by atoms with Crippen molar-refractivity contribution in [2.45, 2.75) is 12.6 Å². The normalized spacial score (nSPS) is 11.6. The number of H-pyrrole nitrogens is 1. The van der Waals surface area contributed by atoms with Crippen LogP contribution >= 0.6 is 0 Å². The lowest BCUT2D eigenvalue weighted by atomic mass is 10.1. The first-order valence-corrected chi connectivity index (χ1v) is 3.80. The van der Waals surface area contributed by atoms with E-state index >= 15 is 0 Å². The Morgan fingerprint density at radius 2 is 1.94 bits per heavy atom. The molecular weight excluding hydrogens is 235 g/mol. The molecular formula is C8H3F5N2O. The van der Waals surface area contributed by atoms with Gasteiger partial charge in [-0.15, -0.1) is 0 Å². The zero-order valence-electron chi connectivity index (χ0n) is 7.40. The Kier molecular flexibility index (Phi) is 2.98. The third-order valence-electron chi connectivity index (χ3n) is 1.68. The van der Waals surface area contributed by atoms with Gasteiger partial charge in [0.05, 0.1) is 5.69 Å². The number of alkyl halides is 5. The van der Waals surface area contributed by atoms with Crippen molar-refractivity contribution in [1.29, 1.82) is 5.26 Å². The highest BCUT2D eigenvalue weighted by atomic mass is 19.4. The molecule has 0 aliphatic rings. The van der Waals surface area contributed by atoms with Gasteiger partial charge in [0, 0.05) is 6.07 Å². The van der Waals surface area contributed by atoms with Gasteiger partial charge < -0.3 is 4.98 Å². The van der Waals surface area contributed by atoms with Crippen LogP contribution in [0.3, 0.4) is 0 Å². The van der Waals surface area contributed by atoms with Crippen molar-refractivity contribution in [2.75, 3.05) is 0 Å². The van der Waals surface area contributed by atoms with Gasteiger partial charge in [0.15, 0.2) is 5.43 Å². The van der Waals surface area contributed by atoms with E-state index in [2.05, 4.69) is 0 Å². The molecule has 86 valence electrons. The maximum absolute atomic E-state index is 12.3. The fraction of sp³-hybridized carbons (Fsp3) is 0.250. The van der Waals surface area contributed by atoms with Gasteiger partial charge in [-0.25, -0.2) is 8.78 Å². The smallest absolute Gasteiger partial charge is 0.345 e. The van der Waals surface area contributed by atoms with E-state index in [-0.39, 0.29) is 6.07 Å². The molecule has 3 nitrogen and oxygen atoms in total.